The van der Waals surface area contributed by atoms with E-state index in [0.29, 0.717) is 12.6 Å². The van der Waals surface area contributed by atoms with Crippen molar-refractivity contribution in [1.29, 1.82) is 0 Å². The van der Waals surface area contributed by atoms with Crippen molar-refractivity contribution in [2.45, 2.75) is 44.6 Å². The monoisotopic (exact) mass is 421 g/mol. The Morgan fingerprint density at radius 3 is 2.80 bits per heavy atom. The van der Waals surface area contributed by atoms with Crippen LogP contribution in [0.15, 0.2) is 47.8 Å². The average molecular weight is 422 g/mol. The molecular formula is C24H24FN3OS. The first-order valence-electron chi connectivity index (χ1n) is 10.6. The molecule has 6 heteroatoms. The fourth-order valence-corrected chi connectivity index (χ4v) is 5.24. The Kier molecular flexibility index (Phi) is 5.25. The molecule has 0 bridgehead atoms. The predicted octanol–water partition coefficient (Wildman–Crippen LogP) is 5.90. The van der Waals surface area contributed by atoms with Crippen LogP contribution in [0.2, 0.25) is 0 Å². The zero-order chi connectivity index (χ0) is 20.5. The summed E-state index contributed by atoms with van der Waals surface area (Å²) in [6, 6.07) is 12.8. The van der Waals surface area contributed by atoms with Gasteiger partial charge in [-0.1, -0.05) is 37.5 Å². The summed E-state index contributed by atoms with van der Waals surface area (Å²) in [5.74, 6) is -0.764. The number of nitrogens with zero attached hydrogens (tertiary/aromatic N) is 2. The molecule has 154 valence electrons. The summed E-state index contributed by atoms with van der Waals surface area (Å²) in [4.78, 5) is 19.3. The normalized spacial score (nSPS) is 16.5. The molecule has 30 heavy (non-hydrogen) atoms. The van der Waals surface area contributed by atoms with E-state index in [1.807, 2.05) is 12.1 Å². The van der Waals surface area contributed by atoms with Gasteiger partial charge in [-0.2, -0.15) is 0 Å². The first-order chi connectivity index (χ1) is 14.7. The highest BCUT2D eigenvalue weighted by molar-refractivity contribution is 7.14. The number of carbonyl (C=O) groups is 1. The Morgan fingerprint density at radius 2 is 1.97 bits per heavy atom. The van der Waals surface area contributed by atoms with E-state index < -0.39 is 5.82 Å². The van der Waals surface area contributed by atoms with Crippen molar-refractivity contribution in [3.63, 3.8) is 0 Å². The summed E-state index contributed by atoms with van der Waals surface area (Å²) < 4.78 is 14.1. The first kappa shape index (κ1) is 19.2. The Morgan fingerprint density at radius 1 is 1.13 bits per heavy atom. The molecule has 1 aliphatic heterocycles. The van der Waals surface area contributed by atoms with Gasteiger partial charge in [0.25, 0.3) is 5.91 Å². The lowest BCUT2D eigenvalue weighted by Crippen LogP contribution is -2.29. The Labute approximate surface area is 179 Å². The second kappa shape index (κ2) is 8.19. The molecule has 5 rings (SSSR count). The van der Waals surface area contributed by atoms with Crippen LogP contribution in [-0.2, 0) is 6.42 Å². The fraction of sp³-hybridized carbons (Fsp3) is 0.333. The van der Waals surface area contributed by atoms with Crippen molar-refractivity contribution < 1.29 is 9.18 Å². The van der Waals surface area contributed by atoms with Crippen molar-refractivity contribution in [2.24, 2.45) is 0 Å². The van der Waals surface area contributed by atoms with E-state index in [9.17, 15) is 9.18 Å². The molecule has 0 spiro atoms. The van der Waals surface area contributed by atoms with E-state index in [1.165, 1.54) is 38.2 Å². The molecule has 3 aromatic rings. The van der Waals surface area contributed by atoms with Crippen LogP contribution in [0, 0.1) is 5.82 Å². The molecule has 1 fully saturated rings. The third-order valence-electron chi connectivity index (χ3n) is 6.06. The molecule has 2 aliphatic rings. The number of anilines is 2. The SMILES string of the molecule is O=C(c1ccccc1F)N1CCc2cc(-c3csc(NC4CCCCC4)n3)ccc21. The van der Waals surface area contributed by atoms with E-state index in [2.05, 4.69) is 16.8 Å². The minimum Gasteiger partial charge on any atom is -0.359 e. The number of rotatable bonds is 4. The summed E-state index contributed by atoms with van der Waals surface area (Å²) >= 11 is 1.65. The lowest BCUT2D eigenvalue weighted by atomic mass is 9.96. The van der Waals surface area contributed by atoms with Crippen LogP contribution >= 0.6 is 11.3 Å². The van der Waals surface area contributed by atoms with Crippen molar-refractivity contribution in [3.8, 4) is 11.3 Å². The number of carbonyl (C=O) groups excluding carboxylic acids is 1. The molecule has 1 N–H and O–H groups in total. The number of halogens is 1. The highest BCUT2D eigenvalue weighted by atomic mass is 32.1. The van der Waals surface area contributed by atoms with Gasteiger partial charge in [0, 0.05) is 29.2 Å². The molecule has 2 heterocycles. The third-order valence-corrected chi connectivity index (χ3v) is 6.83. The minimum absolute atomic E-state index is 0.118. The van der Waals surface area contributed by atoms with Gasteiger partial charge in [0.1, 0.15) is 5.82 Å². The zero-order valence-electron chi connectivity index (χ0n) is 16.7. The molecule has 0 radical (unpaired) electrons. The zero-order valence-corrected chi connectivity index (χ0v) is 17.6. The number of hydrogen-bond donors (Lipinski definition) is 1. The van der Waals surface area contributed by atoms with Gasteiger partial charge in [0.15, 0.2) is 5.13 Å². The van der Waals surface area contributed by atoms with E-state index in [0.717, 1.165) is 34.1 Å². The lowest BCUT2D eigenvalue weighted by molar-refractivity contribution is 0.0985. The lowest BCUT2D eigenvalue weighted by Gasteiger charge is -2.22. The molecule has 0 unspecified atom stereocenters. The number of hydrogen-bond acceptors (Lipinski definition) is 4. The van der Waals surface area contributed by atoms with Crippen LogP contribution in [0.1, 0.15) is 48.0 Å². The smallest absolute Gasteiger partial charge is 0.261 e. The number of aromatic nitrogens is 1. The molecule has 0 atom stereocenters. The summed E-state index contributed by atoms with van der Waals surface area (Å²) in [5.41, 5.74) is 4.10. The van der Waals surface area contributed by atoms with Gasteiger partial charge < -0.3 is 10.2 Å². The summed E-state index contributed by atoms with van der Waals surface area (Å²) in [7, 11) is 0. The molecule has 0 saturated heterocycles. The van der Waals surface area contributed by atoms with Gasteiger partial charge in [0.05, 0.1) is 11.3 Å². The Bertz CT molecular complexity index is 1070. The molecule has 1 amide bonds. The maximum absolute atomic E-state index is 14.1. The fourth-order valence-electron chi connectivity index (χ4n) is 4.45. The van der Waals surface area contributed by atoms with Gasteiger partial charge in [0.2, 0.25) is 0 Å². The molecule has 1 saturated carbocycles. The molecular weight excluding hydrogens is 397 g/mol. The predicted molar refractivity (Wildman–Crippen MR) is 120 cm³/mol. The van der Waals surface area contributed by atoms with Crippen LogP contribution in [-0.4, -0.2) is 23.5 Å². The molecule has 1 aromatic heterocycles. The summed E-state index contributed by atoms with van der Waals surface area (Å²) in [6.07, 6.45) is 7.14. The number of amides is 1. The molecule has 2 aromatic carbocycles. The summed E-state index contributed by atoms with van der Waals surface area (Å²) in [5, 5.41) is 6.66. The van der Waals surface area contributed by atoms with Crippen LogP contribution in [0.3, 0.4) is 0 Å². The maximum atomic E-state index is 14.1. The van der Waals surface area contributed by atoms with E-state index in [4.69, 9.17) is 4.98 Å². The van der Waals surface area contributed by atoms with Crippen LogP contribution < -0.4 is 10.2 Å². The van der Waals surface area contributed by atoms with Crippen LogP contribution in [0.25, 0.3) is 11.3 Å². The van der Waals surface area contributed by atoms with Crippen molar-refractivity contribution in [2.75, 3.05) is 16.8 Å². The first-order valence-corrected chi connectivity index (χ1v) is 11.5. The highest BCUT2D eigenvalue weighted by Gasteiger charge is 2.27. The van der Waals surface area contributed by atoms with Crippen molar-refractivity contribution in [1.82, 2.24) is 4.98 Å². The molecule has 1 aliphatic carbocycles. The number of benzene rings is 2. The summed E-state index contributed by atoms with van der Waals surface area (Å²) in [6.45, 7) is 0.567. The molecule has 4 nitrogen and oxygen atoms in total. The van der Waals surface area contributed by atoms with Gasteiger partial charge in [-0.05, 0) is 49.1 Å². The quantitative estimate of drug-likeness (QED) is 0.571. The Balaban J connectivity index is 1.34. The largest absolute Gasteiger partial charge is 0.359 e. The van der Waals surface area contributed by atoms with Gasteiger partial charge in [-0.15, -0.1) is 11.3 Å². The second-order valence-electron chi connectivity index (χ2n) is 8.05. The standard InChI is InChI=1S/C24H24FN3OS/c25-20-9-5-4-8-19(20)23(29)28-13-12-17-14-16(10-11-22(17)28)21-15-30-24(27-21)26-18-6-2-1-3-7-18/h4-5,8-11,14-15,18H,1-3,6-7,12-13H2,(H,26,27). The van der Waals surface area contributed by atoms with Gasteiger partial charge in [-0.25, -0.2) is 9.37 Å². The number of nitrogens with one attached hydrogen (secondary N) is 1. The van der Waals surface area contributed by atoms with Crippen LogP contribution in [0.5, 0.6) is 0 Å². The van der Waals surface area contributed by atoms with E-state index >= 15 is 0 Å². The maximum Gasteiger partial charge on any atom is 0.261 e. The number of fused-ring (bicyclic) bond motifs is 1. The second-order valence-corrected chi connectivity index (χ2v) is 8.91. The third kappa shape index (κ3) is 3.72. The van der Waals surface area contributed by atoms with E-state index in [1.54, 1.807) is 34.4 Å². The number of thiazole rings is 1. The average Bonchev–Trinajstić information content (AvgIpc) is 3.41. The Hall–Kier alpha value is -2.73. The highest BCUT2D eigenvalue weighted by Crippen LogP contribution is 2.35. The van der Waals surface area contributed by atoms with Crippen LogP contribution in [0.4, 0.5) is 15.2 Å². The van der Waals surface area contributed by atoms with Gasteiger partial charge >= 0.3 is 0 Å². The topological polar surface area (TPSA) is 45.2 Å². The minimum atomic E-state index is -0.479. The van der Waals surface area contributed by atoms with Crippen molar-refractivity contribution >= 4 is 28.1 Å². The van der Waals surface area contributed by atoms with Crippen molar-refractivity contribution in [3.05, 3.63) is 64.8 Å². The van der Waals surface area contributed by atoms with E-state index in [-0.39, 0.29) is 11.5 Å². The van der Waals surface area contributed by atoms with Gasteiger partial charge in [-0.3, -0.25) is 4.79 Å².